The SMILES string of the molecule is CC(=O)ON=C1CCC(c2ccccc2C)CC1. The van der Waals surface area contributed by atoms with Crippen molar-refractivity contribution in [3.63, 3.8) is 0 Å². The Bertz CT molecular complexity index is 455. The molecule has 0 N–H and O–H groups in total. The van der Waals surface area contributed by atoms with Gasteiger partial charge in [-0.05, 0) is 49.7 Å². The third-order valence-corrected chi connectivity index (χ3v) is 3.49. The minimum atomic E-state index is -0.344. The topological polar surface area (TPSA) is 38.7 Å². The lowest BCUT2D eigenvalue weighted by Crippen LogP contribution is -2.14. The number of carbonyl (C=O) groups is 1. The lowest BCUT2D eigenvalue weighted by molar-refractivity contribution is -0.141. The van der Waals surface area contributed by atoms with E-state index in [1.807, 2.05) is 0 Å². The minimum Gasteiger partial charge on any atom is -0.319 e. The second-order valence-electron chi connectivity index (χ2n) is 4.87. The lowest BCUT2D eigenvalue weighted by Gasteiger charge is -2.24. The molecule has 0 saturated heterocycles. The standard InChI is InChI=1S/C15H19NO2/c1-11-5-3-4-6-15(11)13-7-9-14(10-8-13)16-18-12(2)17/h3-6,13H,7-10H2,1-2H3. The Balaban J connectivity index is 1.97. The molecule has 1 aromatic rings. The van der Waals surface area contributed by atoms with Gasteiger partial charge in [0, 0.05) is 6.92 Å². The van der Waals surface area contributed by atoms with Crippen molar-refractivity contribution in [2.24, 2.45) is 5.16 Å². The van der Waals surface area contributed by atoms with Gasteiger partial charge in [-0.1, -0.05) is 29.4 Å². The summed E-state index contributed by atoms with van der Waals surface area (Å²) in [6.07, 6.45) is 4.02. The largest absolute Gasteiger partial charge is 0.331 e. The quantitative estimate of drug-likeness (QED) is 0.590. The molecule has 1 fully saturated rings. The second kappa shape index (κ2) is 5.80. The summed E-state index contributed by atoms with van der Waals surface area (Å²) < 4.78 is 0. The predicted molar refractivity (Wildman–Crippen MR) is 71.6 cm³/mol. The first-order valence-electron chi connectivity index (χ1n) is 6.45. The summed E-state index contributed by atoms with van der Waals surface area (Å²) in [5.74, 6) is 0.269. The summed E-state index contributed by atoms with van der Waals surface area (Å²) in [5, 5.41) is 3.90. The van der Waals surface area contributed by atoms with Crippen LogP contribution in [-0.4, -0.2) is 11.7 Å². The Labute approximate surface area is 108 Å². The van der Waals surface area contributed by atoms with Gasteiger partial charge in [-0.15, -0.1) is 0 Å². The number of aryl methyl sites for hydroxylation is 1. The summed E-state index contributed by atoms with van der Waals surface area (Å²) in [6, 6.07) is 8.56. The van der Waals surface area contributed by atoms with Crippen LogP contribution >= 0.6 is 0 Å². The highest BCUT2D eigenvalue weighted by molar-refractivity contribution is 5.85. The van der Waals surface area contributed by atoms with Crippen molar-refractivity contribution in [3.8, 4) is 0 Å². The van der Waals surface area contributed by atoms with Crippen LogP contribution in [0.25, 0.3) is 0 Å². The molecule has 0 amide bonds. The van der Waals surface area contributed by atoms with Crippen molar-refractivity contribution in [1.29, 1.82) is 0 Å². The average molecular weight is 245 g/mol. The maximum Gasteiger partial charge on any atom is 0.331 e. The fraction of sp³-hybridized carbons (Fsp3) is 0.467. The van der Waals surface area contributed by atoms with Gasteiger partial charge in [0.1, 0.15) is 0 Å². The molecule has 1 aliphatic rings. The fourth-order valence-electron chi connectivity index (χ4n) is 2.53. The number of carbonyl (C=O) groups excluding carboxylic acids is 1. The molecule has 0 unspecified atom stereocenters. The van der Waals surface area contributed by atoms with Gasteiger partial charge in [-0.25, -0.2) is 4.79 Å². The van der Waals surface area contributed by atoms with Gasteiger partial charge in [0.15, 0.2) is 0 Å². The maximum atomic E-state index is 10.7. The summed E-state index contributed by atoms with van der Waals surface area (Å²) in [5.41, 5.74) is 3.82. The van der Waals surface area contributed by atoms with Crippen molar-refractivity contribution < 1.29 is 9.63 Å². The number of rotatable bonds is 2. The molecule has 1 aromatic carbocycles. The highest BCUT2D eigenvalue weighted by Crippen LogP contribution is 2.33. The Morgan fingerprint density at radius 3 is 2.56 bits per heavy atom. The number of nitrogens with zero attached hydrogens (tertiary/aromatic N) is 1. The van der Waals surface area contributed by atoms with E-state index in [-0.39, 0.29) is 5.97 Å². The zero-order valence-electron chi connectivity index (χ0n) is 11.0. The maximum absolute atomic E-state index is 10.7. The predicted octanol–water partition coefficient (Wildman–Crippen LogP) is 3.57. The number of benzene rings is 1. The molecule has 0 aliphatic heterocycles. The van der Waals surface area contributed by atoms with Crippen LogP contribution in [0.4, 0.5) is 0 Å². The Morgan fingerprint density at radius 1 is 1.28 bits per heavy atom. The van der Waals surface area contributed by atoms with Crippen LogP contribution < -0.4 is 0 Å². The van der Waals surface area contributed by atoms with Crippen molar-refractivity contribution in [1.82, 2.24) is 0 Å². The molecular formula is C15H19NO2. The third-order valence-electron chi connectivity index (χ3n) is 3.49. The molecule has 3 heteroatoms. The number of hydrogen-bond acceptors (Lipinski definition) is 3. The second-order valence-corrected chi connectivity index (χ2v) is 4.87. The van der Waals surface area contributed by atoms with Crippen LogP contribution in [-0.2, 0) is 9.63 Å². The molecule has 0 aromatic heterocycles. The van der Waals surface area contributed by atoms with Gasteiger partial charge in [0.05, 0.1) is 5.71 Å². The molecule has 0 atom stereocenters. The zero-order chi connectivity index (χ0) is 13.0. The van der Waals surface area contributed by atoms with Gasteiger partial charge in [0.2, 0.25) is 0 Å². The molecule has 3 nitrogen and oxygen atoms in total. The molecule has 0 heterocycles. The monoisotopic (exact) mass is 245 g/mol. The zero-order valence-corrected chi connectivity index (χ0v) is 11.0. The summed E-state index contributed by atoms with van der Waals surface area (Å²) in [7, 11) is 0. The molecule has 0 spiro atoms. The van der Waals surface area contributed by atoms with Gasteiger partial charge in [-0.3, -0.25) is 0 Å². The minimum absolute atomic E-state index is 0.344. The normalized spacial score (nSPS) is 19.4. The summed E-state index contributed by atoms with van der Waals surface area (Å²) in [6.45, 7) is 3.54. The van der Waals surface area contributed by atoms with Crippen molar-refractivity contribution in [3.05, 3.63) is 35.4 Å². The molecule has 1 saturated carbocycles. The van der Waals surface area contributed by atoms with E-state index < -0.39 is 0 Å². The van der Waals surface area contributed by atoms with E-state index in [9.17, 15) is 4.79 Å². The van der Waals surface area contributed by atoms with E-state index >= 15 is 0 Å². The van der Waals surface area contributed by atoms with Crippen molar-refractivity contribution in [2.75, 3.05) is 0 Å². The van der Waals surface area contributed by atoms with Crippen LogP contribution in [0.1, 0.15) is 49.7 Å². The highest BCUT2D eigenvalue weighted by Gasteiger charge is 2.20. The van der Waals surface area contributed by atoms with Gasteiger partial charge < -0.3 is 4.84 Å². The summed E-state index contributed by atoms with van der Waals surface area (Å²) >= 11 is 0. The van der Waals surface area contributed by atoms with Crippen molar-refractivity contribution in [2.45, 2.75) is 45.4 Å². The first kappa shape index (κ1) is 12.8. The molecule has 0 radical (unpaired) electrons. The van der Waals surface area contributed by atoms with E-state index in [2.05, 4.69) is 36.3 Å². The molecule has 0 bridgehead atoms. The molecule has 96 valence electrons. The average Bonchev–Trinajstić information content (AvgIpc) is 2.38. The van der Waals surface area contributed by atoms with Gasteiger partial charge in [0.25, 0.3) is 0 Å². The van der Waals surface area contributed by atoms with Crippen LogP contribution in [0, 0.1) is 6.92 Å². The fourth-order valence-corrected chi connectivity index (χ4v) is 2.53. The summed E-state index contributed by atoms with van der Waals surface area (Å²) in [4.78, 5) is 15.4. The van der Waals surface area contributed by atoms with Crippen molar-refractivity contribution >= 4 is 11.7 Å². The van der Waals surface area contributed by atoms with Gasteiger partial charge in [-0.2, -0.15) is 0 Å². The first-order chi connectivity index (χ1) is 8.66. The van der Waals surface area contributed by atoms with Crippen LogP contribution in [0.15, 0.2) is 29.4 Å². The van der Waals surface area contributed by atoms with Crippen LogP contribution in [0.5, 0.6) is 0 Å². The van der Waals surface area contributed by atoms with E-state index in [4.69, 9.17) is 4.84 Å². The van der Waals surface area contributed by atoms with Gasteiger partial charge >= 0.3 is 5.97 Å². The van der Waals surface area contributed by atoms with Crippen LogP contribution in [0.3, 0.4) is 0 Å². The third kappa shape index (κ3) is 3.19. The van der Waals surface area contributed by atoms with E-state index in [0.717, 1.165) is 31.4 Å². The number of hydrogen-bond donors (Lipinski definition) is 0. The Morgan fingerprint density at radius 2 is 1.94 bits per heavy atom. The number of oxime groups is 1. The molecular weight excluding hydrogens is 226 g/mol. The first-order valence-corrected chi connectivity index (χ1v) is 6.45. The van der Waals surface area contributed by atoms with E-state index in [1.54, 1.807) is 0 Å². The molecule has 2 rings (SSSR count). The Hall–Kier alpha value is -1.64. The van der Waals surface area contributed by atoms with E-state index in [0.29, 0.717) is 5.92 Å². The lowest BCUT2D eigenvalue weighted by atomic mass is 9.81. The molecule has 1 aliphatic carbocycles. The smallest absolute Gasteiger partial charge is 0.319 e. The Kier molecular flexibility index (Phi) is 4.13. The van der Waals surface area contributed by atoms with E-state index in [1.165, 1.54) is 18.1 Å². The highest BCUT2D eigenvalue weighted by atomic mass is 16.7. The molecule has 18 heavy (non-hydrogen) atoms. The van der Waals surface area contributed by atoms with Crippen LogP contribution in [0.2, 0.25) is 0 Å².